The monoisotopic (exact) mass is 537 g/mol. The van der Waals surface area contributed by atoms with Crippen LogP contribution in [0.5, 0.6) is 0 Å². The molecule has 1 amide bonds. The van der Waals surface area contributed by atoms with E-state index in [0.29, 0.717) is 24.8 Å². The molecule has 0 radical (unpaired) electrons. The van der Waals surface area contributed by atoms with E-state index in [2.05, 4.69) is 27.4 Å². The molecule has 1 aromatic heterocycles. The molecule has 2 atom stereocenters. The van der Waals surface area contributed by atoms with Gasteiger partial charge in [0.2, 0.25) is 5.91 Å². The Balaban J connectivity index is 1.29. The van der Waals surface area contributed by atoms with Crippen molar-refractivity contribution in [2.45, 2.75) is 75.9 Å². The molecular formula is C30H34F3N5O. The third-order valence-corrected chi connectivity index (χ3v) is 8.32. The molecular weight excluding hydrogens is 503 g/mol. The van der Waals surface area contributed by atoms with Crippen LogP contribution in [0.3, 0.4) is 0 Å². The van der Waals surface area contributed by atoms with Crippen molar-refractivity contribution in [2.24, 2.45) is 0 Å². The van der Waals surface area contributed by atoms with Crippen LogP contribution in [0.25, 0.3) is 0 Å². The van der Waals surface area contributed by atoms with Gasteiger partial charge in [-0.1, -0.05) is 48.5 Å². The Labute approximate surface area is 226 Å². The Kier molecular flexibility index (Phi) is 7.10. The summed E-state index contributed by atoms with van der Waals surface area (Å²) < 4.78 is 41.8. The normalized spacial score (nSPS) is 22.2. The maximum absolute atomic E-state index is 13.9. The van der Waals surface area contributed by atoms with Gasteiger partial charge in [0.25, 0.3) is 0 Å². The van der Waals surface area contributed by atoms with Gasteiger partial charge in [-0.2, -0.15) is 18.3 Å². The second kappa shape index (κ2) is 10.7. The maximum Gasteiger partial charge on any atom is 0.435 e. The van der Waals surface area contributed by atoms with Crippen molar-refractivity contribution in [3.8, 4) is 0 Å². The van der Waals surface area contributed by atoms with Gasteiger partial charge in [-0.3, -0.25) is 14.4 Å². The quantitative estimate of drug-likeness (QED) is 0.457. The first kappa shape index (κ1) is 25.9. The molecule has 2 bridgehead atoms. The summed E-state index contributed by atoms with van der Waals surface area (Å²) in [6.07, 6.45) is 0.173. The van der Waals surface area contributed by atoms with E-state index >= 15 is 0 Å². The Morgan fingerprint density at radius 1 is 0.949 bits per heavy atom. The fourth-order valence-corrected chi connectivity index (χ4v) is 6.12. The number of hydrogen-bond acceptors (Lipinski definition) is 4. The Morgan fingerprint density at radius 3 is 2.46 bits per heavy atom. The Bertz CT molecular complexity index is 1300. The fourth-order valence-electron chi connectivity index (χ4n) is 6.12. The molecule has 2 fully saturated rings. The standard InChI is InChI=1S/C30H34F3N5O/c31-30(32,33)28-16-27(22-10-11-22)38(35-28)20-29(39)36-18-23-8-4-5-9-26(23)34-15-14-24-12-13-25(19-36)37(24)17-21-6-2-1-3-7-21/h1-9,16,22,24-25,34H,10-15,17-20H2/t24-,25+/m0/s1. The number of anilines is 1. The highest BCUT2D eigenvalue weighted by Crippen LogP contribution is 2.42. The number of halogens is 3. The number of nitrogens with one attached hydrogen (secondary N) is 1. The summed E-state index contributed by atoms with van der Waals surface area (Å²) in [5.74, 6) is -0.156. The smallest absolute Gasteiger partial charge is 0.385 e. The molecule has 3 aliphatic rings. The summed E-state index contributed by atoms with van der Waals surface area (Å²) in [6, 6.07) is 20.1. The summed E-state index contributed by atoms with van der Waals surface area (Å²) in [6.45, 7) is 2.39. The third-order valence-electron chi connectivity index (χ3n) is 8.32. The summed E-state index contributed by atoms with van der Waals surface area (Å²) >= 11 is 0. The molecule has 9 heteroatoms. The van der Waals surface area contributed by atoms with Gasteiger partial charge in [0.1, 0.15) is 6.54 Å². The first-order valence-electron chi connectivity index (χ1n) is 13.9. The highest BCUT2D eigenvalue weighted by Gasteiger charge is 2.39. The topological polar surface area (TPSA) is 53.4 Å². The van der Waals surface area contributed by atoms with Crippen molar-refractivity contribution in [1.82, 2.24) is 19.6 Å². The molecule has 2 aliphatic heterocycles. The summed E-state index contributed by atoms with van der Waals surface area (Å²) in [5.41, 5.74) is 2.85. The number of fused-ring (bicyclic) bond motifs is 3. The van der Waals surface area contributed by atoms with Crippen LogP contribution in [0, 0.1) is 0 Å². The molecule has 1 saturated heterocycles. The molecule has 3 heterocycles. The minimum Gasteiger partial charge on any atom is -0.385 e. The van der Waals surface area contributed by atoms with Crippen molar-refractivity contribution < 1.29 is 18.0 Å². The molecule has 1 aliphatic carbocycles. The lowest BCUT2D eigenvalue weighted by molar-refractivity contribution is -0.142. The molecule has 3 aromatic rings. The molecule has 0 spiro atoms. The number of carbonyl (C=O) groups excluding carboxylic acids is 1. The second-order valence-corrected chi connectivity index (χ2v) is 11.1. The van der Waals surface area contributed by atoms with E-state index in [1.54, 1.807) is 0 Å². The largest absolute Gasteiger partial charge is 0.435 e. The molecule has 6 nitrogen and oxygen atoms in total. The van der Waals surface area contributed by atoms with Gasteiger partial charge >= 0.3 is 6.18 Å². The van der Waals surface area contributed by atoms with E-state index < -0.39 is 11.9 Å². The van der Waals surface area contributed by atoms with E-state index in [4.69, 9.17) is 0 Å². The molecule has 2 aromatic carbocycles. The van der Waals surface area contributed by atoms with Gasteiger partial charge in [-0.15, -0.1) is 0 Å². The highest BCUT2D eigenvalue weighted by atomic mass is 19.4. The number of nitrogens with zero attached hydrogens (tertiary/aromatic N) is 4. The number of carbonyl (C=O) groups is 1. The van der Waals surface area contributed by atoms with Crippen molar-refractivity contribution >= 4 is 11.6 Å². The molecule has 1 N–H and O–H groups in total. The van der Waals surface area contributed by atoms with Crippen LogP contribution in [0.4, 0.5) is 18.9 Å². The number of alkyl halides is 3. The zero-order chi connectivity index (χ0) is 27.0. The Hall–Kier alpha value is -3.33. The van der Waals surface area contributed by atoms with E-state index in [-0.39, 0.29) is 24.4 Å². The predicted octanol–water partition coefficient (Wildman–Crippen LogP) is 5.66. The third kappa shape index (κ3) is 5.83. The Morgan fingerprint density at radius 2 is 1.69 bits per heavy atom. The molecule has 1 saturated carbocycles. The maximum atomic E-state index is 13.9. The summed E-state index contributed by atoms with van der Waals surface area (Å²) in [7, 11) is 0. The molecule has 6 rings (SSSR count). The second-order valence-electron chi connectivity index (χ2n) is 11.1. The van der Waals surface area contributed by atoms with Gasteiger partial charge in [-0.05, 0) is 55.4 Å². The number of para-hydroxylation sites is 1. The van der Waals surface area contributed by atoms with Crippen molar-refractivity contribution in [1.29, 1.82) is 0 Å². The van der Waals surface area contributed by atoms with Gasteiger partial charge in [0, 0.05) is 55.6 Å². The van der Waals surface area contributed by atoms with Crippen LogP contribution < -0.4 is 5.32 Å². The van der Waals surface area contributed by atoms with Crippen LogP contribution in [-0.2, 0) is 30.6 Å². The summed E-state index contributed by atoms with van der Waals surface area (Å²) in [5, 5.41) is 7.43. The van der Waals surface area contributed by atoms with Crippen molar-refractivity contribution in [3.63, 3.8) is 0 Å². The van der Waals surface area contributed by atoms with Gasteiger partial charge in [0.05, 0.1) is 0 Å². The van der Waals surface area contributed by atoms with Crippen molar-refractivity contribution in [3.05, 3.63) is 83.2 Å². The van der Waals surface area contributed by atoms with E-state index in [9.17, 15) is 18.0 Å². The van der Waals surface area contributed by atoms with Crippen LogP contribution in [0.15, 0.2) is 60.7 Å². The van der Waals surface area contributed by atoms with E-state index in [1.165, 1.54) is 10.2 Å². The van der Waals surface area contributed by atoms with Crippen LogP contribution in [0.2, 0.25) is 0 Å². The molecule has 39 heavy (non-hydrogen) atoms. The number of rotatable bonds is 5. The van der Waals surface area contributed by atoms with Gasteiger partial charge in [-0.25, -0.2) is 0 Å². The fraction of sp³-hybridized carbons (Fsp3) is 0.467. The SMILES string of the molecule is O=C(Cn1nc(C(F)(F)F)cc1C1CC1)N1Cc2ccccc2NCC[C@@H]2CC[C@H](C1)N2Cc1ccccc1. The average molecular weight is 538 g/mol. The van der Waals surface area contributed by atoms with E-state index in [1.807, 2.05) is 47.4 Å². The lowest BCUT2D eigenvalue weighted by atomic mass is 10.1. The zero-order valence-corrected chi connectivity index (χ0v) is 21.9. The number of benzene rings is 2. The van der Waals surface area contributed by atoms with Crippen LogP contribution >= 0.6 is 0 Å². The summed E-state index contributed by atoms with van der Waals surface area (Å²) in [4.78, 5) is 18.2. The number of aromatic nitrogens is 2. The zero-order valence-electron chi connectivity index (χ0n) is 21.9. The molecule has 206 valence electrons. The first-order chi connectivity index (χ1) is 18.8. The van der Waals surface area contributed by atoms with Gasteiger partial charge < -0.3 is 10.2 Å². The van der Waals surface area contributed by atoms with Crippen LogP contribution in [0.1, 0.15) is 60.5 Å². The minimum absolute atomic E-state index is 0.0471. The average Bonchev–Trinajstić information content (AvgIpc) is 3.57. The number of hydrogen-bond donors (Lipinski definition) is 1. The lowest BCUT2D eigenvalue weighted by Crippen LogP contribution is -2.45. The van der Waals surface area contributed by atoms with Gasteiger partial charge in [0.15, 0.2) is 5.69 Å². The van der Waals surface area contributed by atoms with Crippen molar-refractivity contribution in [2.75, 3.05) is 18.4 Å². The minimum atomic E-state index is -4.53. The lowest BCUT2D eigenvalue weighted by Gasteiger charge is -2.34. The predicted molar refractivity (Wildman–Crippen MR) is 143 cm³/mol. The molecule has 0 unspecified atom stereocenters. The highest BCUT2D eigenvalue weighted by molar-refractivity contribution is 5.76. The van der Waals surface area contributed by atoms with E-state index in [0.717, 1.165) is 62.5 Å². The first-order valence-corrected chi connectivity index (χ1v) is 13.9. The number of amides is 1. The van der Waals surface area contributed by atoms with Crippen LogP contribution in [-0.4, -0.2) is 50.7 Å².